The fraction of sp³-hybridized carbons (Fsp3) is 0.667. The van der Waals surface area contributed by atoms with E-state index >= 15 is 0 Å². The molecular formula is C15H20BClN4O2. The maximum atomic E-state index is 6.14. The second-order valence-electron chi connectivity index (χ2n) is 7.51. The fourth-order valence-electron chi connectivity index (χ4n) is 3.06. The summed E-state index contributed by atoms with van der Waals surface area (Å²) in [4.78, 5) is 8.56. The lowest BCUT2D eigenvalue weighted by molar-refractivity contribution is 0.00578. The maximum Gasteiger partial charge on any atom is 0.461 e. The first kappa shape index (κ1) is 15.4. The van der Waals surface area contributed by atoms with Gasteiger partial charge in [-0.3, -0.25) is 0 Å². The molecule has 1 aliphatic carbocycles. The quantitative estimate of drug-likeness (QED) is 0.808. The van der Waals surface area contributed by atoms with Crippen molar-refractivity contribution in [3.63, 3.8) is 0 Å². The van der Waals surface area contributed by atoms with Crippen LogP contribution in [-0.4, -0.2) is 38.1 Å². The summed E-state index contributed by atoms with van der Waals surface area (Å²) in [6.07, 6.45) is 4.34. The Bertz CT molecular complexity index is 747. The molecule has 0 radical (unpaired) electrons. The zero-order valence-corrected chi connectivity index (χ0v) is 14.5. The van der Waals surface area contributed by atoms with E-state index in [9.17, 15) is 0 Å². The van der Waals surface area contributed by atoms with Crippen molar-refractivity contribution in [2.45, 2.75) is 57.7 Å². The van der Waals surface area contributed by atoms with Gasteiger partial charge in [0.15, 0.2) is 5.65 Å². The largest absolute Gasteiger partial charge is 0.461 e. The Labute approximate surface area is 140 Å². The van der Waals surface area contributed by atoms with Crippen molar-refractivity contribution in [3.8, 4) is 0 Å². The highest BCUT2D eigenvalue weighted by molar-refractivity contribution is 6.48. The van der Waals surface area contributed by atoms with Crippen LogP contribution in [0.15, 0.2) is 12.4 Å². The van der Waals surface area contributed by atoms with Crippen LogP contribution in [0.25, 0.3) is 11.2 Å². The normalized spacial score (nSPS) is 28.5. The molecule has 0 aromatic carbocycles. The SMILES string of the molecule is CC1(C)OB(C2CC2Cn2ncc3ncc(Cl)nc32)OC1(C)C. The first-order valence-corrected chi connectivity index (χ1v) is 8.34. The molecule has 2 unspecified atom stereocenters. The number of nitrogens with zero attached hydrogens (tertiary/aromatic N) is 4. The average Bonchev–Trinajstić information content (AvgIpc) is 3.05. The van der Waals surface area contributed by atoms with E-state index in [4.69, 9.17) is 20.9 Å². The second kappa shape index (κ2) is 4.91. The molecule has 2 aliphatic rings. The highest BCUT2D eigenvalue weighted by Crippen LogP contribution is 2.53. The van der Waals surface area contributed by atoms with E-state index in [-0.39, 0.29) is 18.3 Å². The minimum atomic E-state index is -0.276. The number of hydrogen-bond acceptors (Lipinski definition) is 5. The highest BCUT2D eigenvalue weighted by Gasteiger charge is 2.59. The Balaban J connectivity index is 1.47. The smallest absolute Gasteiger partial charge is 0.403 e. The van der Waals surface area contributed by atoms with Crippen LogP contribution in [0.1, 0.15) is 34.1 Å². The molecule has 2 fully saturated rings. The molecule has 23 heavy (non-hydrogen) atoms. The second-order valence-corrected chi connectivity index (χ2v) is 7.90. The summed E-state index contributed by atoms with van der Waals surface area (Å²) < 4.78 is 14.2. The fourth-order valence-corrected chi connectivity index (χ4v) is 3.19. The number of hydrogen-bond donors (Lipinski definition) is 0. The van der Waals surface area contributed by atoms with Crippen LogP contribution in [0, 0.1) is 5.92 Å². The van der Waals surface area contributed by atoms with Gasteiger partial charge in [-0.2, -0.15) is 5.10 Å². The Morgan fingerprint density at radius 3 is 2.65 bits per heavy atom. The van der Waals surface area contributed by atoms with Crippen molar-refractivity contribution in [1.29, 1.82) is 0 Å². The summed E-state index contributed by atoms with van der Waals surface area (Å²) in [5, 5.41) is 4.77. The van der Waals surface area contributed by atoms with E-state index in [1.807, 2.05) is 4.68 Å². The minimum Gasteiger partial charge on any atom is -0.403 e. The Kier molecular flexibility index (Phi) is 3.28. The Morgan fingerprint density at radius 2 is 1.96 bits per heavy atom. The van der Waals surface area contributed by atoms with Gasteiger partial charge in [-0.1, -0.05) is 11.6 Å². The monoisotopic (exact) mass is 334 g/mol. The molecule has 2 aromatic rings. The molecule has 8 heteroatoms. The van der Waals surface area contributed by atoms with Crippen LogP contribution >= 0.6 is 11.6 Å². The van der Waals surface area contributed by atoms with Crippen molar-refractivity contribution >= 4 is 29.9 Å². The zero-order chi connectivity index (χ0) is 16.4. The van der Waals surface area contributed by atoms with Gasteiger partial charge in [-0.15, -0.1) is 0 Å². The predicted octanol–water partition coefficient (Wildman–Crippen LogP) is 2.96. The van der Waals surface area contributed by atoms with Gasteiger partial charge >= 0.3 is 7.12 Å². The molecule has 1 aliphatic heterocycles. The van der Waals surface area contributed by atoms with Gasteiger partial charge in [0, 0.05) is 6.54 Å². The lowest BCUT2D eigenvalue weighted by Crippen LogP contribution is -2.41. The number of fused-ring (bicyclic) bond motifs is 1. The molecule has 3 heterocycles. The van der Waals surface area contributed by atoms with E-state index in [1.165, 1.54) is 0 Å². The molecule has 2 aromatic heterocycles. The van der Waals surface area contributed by atoms with Crippen molar-refractivity contribution in [1.82, 2.24) is 19.7 Å². The molecular weight excluding hydrogens is 314 g/mol. The average molecular weight is 335 g/mol. The summed E-state index contributed by atoms with van der Waals surface area (Å²) >= 11 is 5.94. The summed E-state index contributed by atoms with van der Waals surface area (Å²) in [6, 6.07) is 0. The first-order chi connectivity index (χ1) is 10.8. The molecule has 0 N–H and O–H groups in total. The van der Waals surface area contributed by atoms with Gasteiger partial charge in [0.1, 0.15) is 10.7 Å². The summed E-state index contributed by atoms with van der Waals surface area (Å²) in [5.41, 5.74) is 0.948. The minimum absolute atomic E-state index is 0.138. The molecule has 1 saturated carbocycles. The van der Waals surface area contributed by atoms with Crippen LogP contribution in [0.4, 0.5) is 0 Å². The van der Waals surface area contributed by atoms with Crippen LogP contribution in [-0.2, 0) is 15.9 Å². The standard InChI is InChI=1S/C15H20BClN4O2/c1-14(2)15(3,4)23-16(22-14)10-5-9(10)8-21-13-11(6-19-21)18-7-12(17)20-13/h6-7,9-10H,5,8H2,1-4H3. The Morgan fingerprint density at radius 1 is 1.26 bits per heavy atom. The molecule has 0 spiro atoms. The van der Waals surface area contributed by atoms with Gasteiger partial charge in [-0.25, -0.2) is 14.6 Å². The van der Waals surface area contributed by atoms with Crippen LogP contribution < -0.4 is 0 Å². The number of halogens is 1. The summed E-state index contributed by atoms with van der Waals surface area (Å²) in [5.74, 6) is 0.885. The first-order valence-electron chi connectivity index (χ1n) is 7.96. The number of rotatable bonds is 3. The molecule has 2 atom stereocenters. The van der Waals surface area contributed by atoms with E-state index in [2.05, 4.69) is 42.8 Å². The zero-order valence-electron chi connectivity index (χ0n) is 13.8. The van der Waals surface area contributed by atoms with Crippen LogP contribution in [0.3, 0.4) is 0 Å². The van der Waals surface area contributed by atoms with E-state index < -0.39 is 0 Å². The summed E-state index contributed by atoms with van der Waals surface area (Å²) in [7, 11) is -0.138. The Hall–Kier alpha value is -1.18. The summed E-state index contributed by atoms with van der Waals surface area (Å²) in [6.45, 7) is 9.13. The van der Waals surface area contributed by atoms with Crippen LogP contribution in [0.5, 0.6) is 0 Å². The molecule has 6 nitrogen and oxygen atoms in total. The molecule has 122 valence electrons. The maximum absolute atomic E-state index is 6.14. The topological polar surface area (TPSA) is 62.1 Å². The molecule has 0 bridgehead atoms. The number of aromatic nitrogens is 4. The predicted molar refractivity (Wildman–Crippen MR) is 88.3 cm³/mol. The lowest BCUT2D eigenvalue weighted by atomic mass is 9.80. The molecule has 1 saturated heterocycles. The third-order valence-corrected chi connectivity index (χ3v) is 5.50. The van der Waals surface area contributed by atoms with Gasteiger partial charge in [0.2, 0.25) is 0 Å². The molecule has 0 amide bonds. The van der Waals surface area contributed by atoms with Crippen molar-refractivity contribution in [2.75, 3.05) is 0 Å². The van der Waals surface area contributed by atoms with E-state index in [1.54, 1.807) is 12.4 Å². The van der Waals surface area contributed by atoms with Gasteiger partial charge in [0.05, 0.1) is 23.6 Å². The third kappa shape index (κ3) is 2.55. The van der Waals surface area contributed by atoms with Crippen LogP contribution in [0.2, 0.25) is 11.0 Å². The van der Waals surface area contributed by atoms with E-state index in [0.717, 1.165) is 24.1 Å². The van der Waals surface area contributed by atoms with Crippen molar-refractivity contribution in [2.24, 2.45) is 5.92 Å². The molecule has 4 rings (SSSR count). The van der Waals surface area contributed by atoms with Gasteiger partial charge in [0.25, 0.3) is 0 Å². The lowest BCUT2D eigenvalue weighted by Gasteiger charge is -2.32. The highest BCUT2D eigenvalue weighted by atomic mass is 35.5. The third-order valence-electron chi connectivity index (χ3n) is 5.32. The van der Waals surface area contributed by atoms with E-state index in [0.29, 0.717) is 16.9 Å². The van der Waals surface area contributed by atoms with Gasteiger partial charge in [-0.05, 0) is 45.9 Å². The van der Waals surface area contributed by atoms with Gasteiger partial charge < -0.3 is 9.31 Å². The van der Waals surface area contributed by atoms with Crippen molar-refractivity contribution in [3.05, 3.63) is 17.5 Å². The van der Waals surface area contributed by atoms with Crippen molar-refractivity contribution < 1.29 is 9.31 Å².